The van der Waals surface area contributed by atoms with E-state index in [1.165, 1.54) is 16.6 Å². The number of amides is 1. The van der Waals surface area contributed by atoms with E-state index in [9.17, 15) is 9.59 Å². The van der Waals surface area contributed by atoms with Crippen molar-refractivity contribution in [1.29, 1.82) is 0 Å². The van der Waals surface area contributed by atoms with Crippen LogP contribution in [-0.2, 0) is 17.6 Å². The number of para-hydroxylation sites is 1. The zero-order chi connectivity index (χ0) is 23.8. The molecule has 34 heavy (non-hydrogen) atoms. The third-order valence-electron chi connectivity index (χ3n) is 6.07. The molecule has 1 aliphatic carbocycles. The molecule has 5 nitrogen and oxygen atoms in total. The highest BCUT2D eigenvalue weighted by Crippen LogP contribution is 2.37. The first-order valence-electron chi connectivity index (χ1n) is 11.2. The van der Waals surface area contributed by atoms with Crippen LogP contribution in [0.15, 0.2) is 58.5 Å². The molecule has 2 aromatic heterocycles. The molecule has 0 fully saturated rings. The summed E-state index contributed by atoms with van der Waals surface area (Å²) in [5.74, 6) is 0.515. The van der Waals surface area contributed by atoms with E-state index < -0.39 is 0 Å². The molecule has 0 bridgehead atoms. The summed E-state index contributed by atoms with van der Waals surface area (Å²) in [6, 6.07) is 14.9. The highest BCUT2D eigenvalue weighted by Gasteiger charge is 2.25. The highest BCUT2D eigenvalue weighted by molar-refractivity contribution is 7.99. The van der Waals surface area contributed by atoms with Crippen LogP contribution in [0.3, 0.4) is 0 Å². The van der Waals surface area contributed by atoms with Crippen molar-refractivity contribution in [3.05, 3.63) is 79.9 Å². The monoisotopic (exact) mass is 509 g/mol. The Morgan fingerprint density at radius 2 is 2.00 bits per heavy atom. The molecule has 174 valence electrons. The zero-order valence-electron chi connectivity index (χ0n) is 18.9. The topological polar surface area (TPSA) is 64.0 Å². The van der Waals surface area contributed by atoms with E-state index in [4.69, 9.17) is 16.6 Å². The van der Waals surface area contributed by atoms with E-state index in [0.29, 0.717) is 21.8 Å². The first-order chi connectivity index (χ1) is 16.4. The number of thioether (sulfide) groups is 1. The molecule has 2 heterocycles. The van der Waals surface area contributed by atoms with E-state index in [0.717, 1.165) is 46.3 Å². The van der Waals surface area contributed by atoms with Crippen LogP contribution < -0.4 is 10.9 Å². The van der Waals surface area contributed by atoms with Crippen molar-refractivity contribution in [2.75, 3.05) is 11.1 Å². The Kier molecular flexibility index (Phi) is 6.51. The minimum Gasteiger partial charge on any atom is -0.324 e. The number of hydrogen-bond donors (Lipinski definition) is 1. The molecule has 0 saturated carbocycles. The lowest BCUT2D eigenvalue weighted by molar-refractivity contribution is -0.113. The Balaban J connectivity index is 1.54. The maximum Gasteiger partial charge on any atom is 0.267 e. The second kappa shape index (κ2) is 9.56. The highest BCUT2D eigenvalue weighted by atomic mass is 35.5. The fraction of sp³-hybridized carbons (Fsp3) is 0.269. The van der Waals surface area contributed by atoms with Crippen LogP contribution in [0.1, 0.15) is 29.3 Å². The summed E-state index contributed by atoms with van der Waals surface area (Å²) in [4.78, 5) is 33.4. The van der Waals surface area contributed by atoms with Gasteiger partial charge in [0.25, 0.3) is 5.56 Å². The van der Waals surface area contributed by atoms with Gasteiger partial charge >= 0.3 is 0 Å². The number of thiophene rings is 1. The molecular weight excluding hydrogens is 486 g/mol. The number of carbonyl (C=O) groups excluding carboxylic acids is 1. The molecule has 2 aromatic carbocycles. The normalized spacial score (nSPS) is 15.3. The SMILES string of the molecule is Cc1ccc(-n2c(SCC(=O)Nc3ccccc3Cl)nc3sc4c(c3c2=O)CCC(C)C4)cc1. The van der Waals surface area contributed by atoms with Gasteiger partial charge in [-0.1, -0.05) is 60.1 Å². The summed E-state index contributed by atoms with van der Waals surface area (Å²) in [5.41, 5.74) is 3.53. The first kappa shape index (κ1) is 23.1. The van der Waals surface area contributed by atoms with Gasteiger partial charge in [0, 0.05) is 4.88 Å². The number of fused-ring (bicyclic) bond motifs is 3. The number of nitrogens with zero attached hydrogens (tertiary/aromatic N) is 2. The summed E-state index contributed by atoms with van der Waals surface area (Å²) in [5, 5.41) is 4.57. The molecule has 4 aromatic rings. The molecular formula is C26H24ClN3O2S2. The summed E-state index contributed by atoms with van der Waals surface area (Å²) in [6.45, 7) is 4.27. The number of hydrogen-bond acceptors (Lipinski definition) is 5. The predicted octanol–water partition coefficient (Wildman–Crippen LogP) is 6.26. The van der Waals surface area contributed by atoms with Crippen molar-refractivity contribution >= 4 is 56.5 Å². The predicted molar refractivity (Wildman–Crippen MR) is 142 cm³/mol. The van der Waals surface area contributed by atoms with Gasteiger partial charge in [-0.05, 0) is 61.9 Å². The molecule has 0 saturated heterocycles. The van der Waals surface area contributed by atoms with E-state index in [-0.39, 0.29) is 17.2 Å². The van der Waals surface area contributed by atoms with Gasteiger partial charge in [0.1, 0.15) is 4.83 Å². The Hall–Kier alpha value is -2.61. The van der Waals surface area contributed by atoms with Crippen LogP contribution in [0, 0.1) is 12.8 Å². The van der Waals surface area contributed by atoms with Crippen molar-refractivity contribution in [2.45, 2.75) is 38.3 Å². The minimum atomic E-state index is -0.206. The van der Waals surface area contributed by atoms with Crippen molar-refractivity contribution in [2.24, 2.45) is 5.92 Å². The van der Waals surface area contributed by atoms with Crippen LogP contribution in [0.4, 0.5) is 5.69 Å². The van der Waals surface area contributed by atoms with Crippen LogP contribution >= 0.6 is 34.7 Å². The van der Waals surface area contributed by atoms with Crippen molar-refractivity contribution in [3.63, 3.8) is 0 Å². The molecule has 0 aliphatic heterocycles. The summed E-state index contributed by atoms with van der Waals surface area (Å²) < 4.78 is 1.65. The molecule has 1 atom stereocenters. The number of aromatic nitrogens is 2. The van der Waals surface area contributed by atoms with Gasteiger partial charge in [-0.25, -0.2) is 4.98 Å². The van der Waals surface area contributed by atoms with Crippen LogP contribution in [0.25, 0.3) is 15.9 Å². The van der Waals surface area contributed by atoms with Gasteiger partial charge in [0.2, 0.25) is 5.91 Å². The number of benzene rings is 2. The van der Waals surface area contributed by atoms with Crippen molar-refractivity contribution in [3.8, 4) is 5.69 Å². The van der Waals surface area contributed by atoms with E-state index in [2.05, 4.69) is 12.2 Å². The smallest absolute Gasteiger partial charge is 0.267 e. The maximum absolute atomic E-state index is 13.8. The fourth-order valence-corrected chi connectivity index (χ4v) is 6.69. The van der Waals surface area contributed by atoms with Gasteiger partial charge in [0.15, 0.2) is 5.16 Å². The van der Waals surface area contributed by atoms with Gasteiger partial charge < -0.3 is 5.32 Å². The zero-order valence-corrected chi connectivity index (χ0v) is 21.3. The number of carbonyl (C=O) groups is 1. The molecule has 1 N–H and O–H groups in total. The number of nitrogens with one attached hydrogen (secondary N) is 1. The Bertz CT molecular complexity index is 1440. The Morgan fingerprint density at radius 3 is 2.76 bits per heavy atom. The van der Waals surface area contributed by atoms with Crippen molar-refractivity contribution in [1.82, 2.24) is 9.55 Å². The minimum absolute atomic E-state index is 0.0603. The molecule has 1 unspecified atom stereocenters. The van der Waals surface area contributed by atoms with E-state index in [1.807, 2.05) is 43.3 Å². The number of rotatable bonds is 5. The fourth-order valence-electron chi connectivity index (χ4n) is 4.27. The average Bonchev–Trinajstić information content (AvgIpc) is 3.17. The second-order valence-electron chi connectivity index (χ2n) is 8.72. The molecule has 5 rings (SSSR count). The Morgan fingerprint density at radius 1 is 1.24 bits per heavy atom. The Labute approximate surface area is 211 Å². The van der Waals surface area contributed by atoms with Crippen LogP contribution in [-0.4, -0.2) is 21.2 Å². The van der Waals surface area contributed by atoms with Gasteiger partial charge in [-0.15, -0.1) is 11.3 Å². The van der Waals surface area contributed by atoms with Gasteiger partial charge in [-0.2, -0.15) is 0 Å². The molecule has 8 heteroatoms. The largest absolute Gasteiger partial charge is 0.324 e. The quantitative estimate of drug-likeness (QED) is 0.254. The molecule has 1 aliphatic rings. The lowest BCUT2D eigenvalue weighted by Crippen LogP contribution is -2.23. The molecule has 0 radical (unpaired) electrons. The summed E-state index contributed by atoms with van der Waals surface area (Å²) >= 11 is 9.05. The molecule has 1 amide bonds. The number of aryl methyl sites for hydroxylation is 2. The summed E-state index contributed by atoms with van der Waals surface area (Å²) in [6.07, 6.45) is 2.98. The lowest BCUT2D eigenvalue weighted by Gasteiger charge is -2.18. The van der Waals surface area contributed by atoms with Crippen LogP contribution in [0.2, 0.25) is 5.02 Å². The lowest BCUT2D eigenvalue weighted by atomic mass is 9.89. The van der Waals surface area contributed by atoms with Gasteiger partial charge in [0.05, 0.1) is 27.5 Å². The van der Waals surface area contributed by atoms with Gasteiger partial charge in [-0.3, -0.25) is 14.2 Å². The van der Waals surface area contributed by atoms with Crippen molar-refractivity contribution < 1.29 is 4.79 Å². The number of anilines is 1. The average molecular weight is 510 g/mol. The number of halogens is 1. The van der Waals surface area contributed by atoms with Crippen LogP contribution in [0.5, 0.6) is 0 Å². The standard InChI is InChI=1S/C26H24ClN3O2S2/c1-15-7-10-17(11-8-15)30-25(32)23-18-12-9-16(2)13-21(18)34-24(23)29-26(30)33-14-22(31)28-20-6-4-3-5-19(20)27/h3-8,10-11,16H,9,12-14H2,1-2H3,(H,28,31). The van der Waals surface area contributed by atoms with E-state index >= 15 is 0 Å². The molecule has 0 spiro atoms. The third kappa shape index (κ3) is 4.52. The summed E-state index contributed by atoms with van der Waals surface area (Å²) in [7, 11) is 0. The maximum atomic E-state index is 13.8. The first-order valence-corrected chi connectivity index (χ1v) is 13.4. The van der Waals surface area contributed by atoms with E-state index in [1.54, 1.807) is 28.0 Å². The second-order valence-corrected chi connectivity index (χ2v) is 11.2. The third-order valence-corrected chi connectivity index (χ3v) is 8.49.